The lowest BCUT2D eigenvalue weighted by Crippen LogP contribution is -2.13. The zero-order valence-electron chi connectivity index (χ0n) is 12.5. The largest absolute Gasteiger partial charge is 0.346 e. The van der Waals surface area contributed by atoms with Crippen LogP contribution in [0, 0.1) is 6.92 Å². The van der Waals surface area contributed by atoms with E-state index in [1.165, 1.54) is 4.68 Å². The minimum atomic E-state index is -0.0218. The van der Waals surface area contributed by atoms with E-state index in [1.807, 2.05) is 26.0 Å². The number of nitrogens with zero attached hydrogens (tertiary/aromatic N) is 5. The second kappa shape index (κ2) is 6.52. The van der Waals surface area contributed by atoms with Crippen molar-refractivity contribution in [3.8, 4) is 5.69 Å². The van der Waals surface area contributed by atoms with E-state index < -0.39 is 0 Å². The average Bonchev–Trinajstić information content (AvgIpc) is 2.98. The predicted octanol–water partition coefficient (Wildman–Crippen LogP) is 3.85. The van der Waals surface area contributed by atoms with Crippen LogP contribution in [0.15, 0.2) is 36.5 Å². The molecule has 2 aromatic heterocycles. The number of hydrogen-bond donors (Lipinski definition) is 1. The van der Waals surface area contributed by atoms with Crippen molar-refractivity contribution < 1.29 is 0 Å². The van der Waals surface area contributed by atoms with Crippen molar-refractivity contribution in [3.05, 3.63) is 57.8 Å². The number of nitrogens with one attached hydrogen (secondary N) is 1. The highest BCUT2D eigenvalue weighted by molar-refractivity contribution is 6.43. The van der Waals surface area contributed by atoms with Crippen LogP contribution in [-0.4, -0.2) is 25.2 Å². The lowest BCUT2D eigenvalue weighted by molar-refractivity contribution is 0.778. The van der Waals surface area contributed by atoms with Gasteiger partial charge in [0.1, 0.15) is 0 Å². The monoisotopic (exact) mass is 348 g/mol. The lowest BCUT2D eigenvalue weighted by Gasteiger charge is -2.16. The summed E-state index contributed by atoms with van der Waals surface area (Å²) in [6, 6.07) is 9.20. The van der Waals surface area contributed by atoms with E-state index in [0.29, 0.717) is 21.7 Å². The summed E-state index contributed by atoms with van der Waals surface area (Å²) in [6.45, 7) is 3.98. The van der Waals surface area contributed by atoms with Crippen LogP contribution in [0.1, 0.15) is 24.2 Å². The molecule has 3 aromatic rings. The highest BCUT2D eigenvalue weighted by Crippen LogP contribution is 2.30. The highest BCUT2D eigenvalue weighted by atomic mass is 35.5. The topological polar surface area (TPSA) is 68.5 Å². The van der Waals surface area contributed by atoms with Gasteiger partial charge in [0.05, 0.1) is 21.8 Å². The Hall–Kier alpha value is -2.18. The van der Waals surface area contributed by atoms with Crippen molar-refractivity contribution in [1.82, 2.24) is 25.2 Å². The number of benzene rings is 1. The van der Waals surface area contributed by atoms with Gasteiger partial charge in [-0.15, -0.1) is 0 Å². The molecule has 1 unspecified atom stereocenters. The number of pyridine rings is 1. The molecule has 0 bridgehead atoms. The molecule has 2 heterocycles. The van der Waals surface area contributed by atoms with Crippen molar-refractivity contribution in [2.45, 2.75) is 19.9 Å². The van der Waals surface area contributed by atoms with Crippen LogP contribution in [0.5, 0.6) is 0 Å². The molecule has 0 amide bonds. The molecule has 1 N–H and O–H groups in total. The van der Waals surface area contributed by atoms with E-state index in [0.717, 1.165) is 11.3 Å². The number of hydrogen-bond acceptors (Lipinski definition) is 5. The second-order valence-corrected chi connectivity index (χ2v) is 5.82. The third-order valence-corrected chi connectivity index (χ3v) is 4.30. The maximum Gasteiger partial charge on any atom is 0.248 e. The SMILES string of the molecule is Cc1ncccc1C(C)Nc1nnnn1-c1cccc(Cl)c1Cl. The van der Waals surface area contributed by atoms with E-state index >= 15 is 0 Å². The van der Waals surface area contributed by atoms with Gasteiger partial charge in [-0.25, -0.2) is 0 Å². The molecule has 0 saturated heterocycles. The molecule has 0 aliphatic rings. The summed E-state index contributed by atoms with van der Waals surface area (Å²) in [5, 5.41) is 15.9. The van der Waals surface area contributed by atoms with Gasteiger partial charge in [0.2, 0.25) is 5.95 Å². The molecule has 1 atom stereocenters. The zero-order valence-corrected chi connectivity index (χ0v) is 14.0. The van der Waals surface area contributed by atoms with Gasteiger partial charge in [-0.2, -0.15) is 4.68 Å². The van der Waals surface area contributed by atoms with Crippen molar-refractivity contribution in [2.24, 2.45) is 0 Å². The zero-order chi connectivity index (χ0) is 16.4. The molecular formula is C15H14Cl2N6. The normalized spacial score (nSPS) is 12.2. The Morgan fingerprint density at radius 1 is 1.17 bits per heavy atom. The summed E-state index contributed by atoms with van der Waals surface area (Å²) in [7, 11) is 0. The van der Waals surface area contributed by atoms with E-state index in [9.17, 15) is 0 Å². The first-order valence-corrected chi connectivity index (χ1v) is 7.74. The van der Waals surface area contributed by atoms with Crippen LogP contribution < -0.4 is 5.32 Å². The molecule has 23 heavy (non-hydrogen) atoms. The Morgan fingerprint density at radius 3 is 2.78 bits per heavy atom. The van der Waals surface area contributed by atoms with Crippen molar-refractivity contribution in [1.29, 1.82) is 0 Å². The Balaban J connectivity index is 1.93. The minimum absolute atomic E-state index is 0.0218. The highest BCUT2D eigenvalue weighted by Gasteiger charge is 2.16. The van der Waals surface area contributed by atoms with Crippen molar-refractivity contribution >= 4 is 29.2 Å². The third-order valence-electron chi connectivity index (χ3n) is 3.49. The molecule has 0 aliphatic heterocycles. The Morgan fingerprint density at radius 2 is 2.00 bits per heavy atom. The molecule has 1 aromatic carbocycles. The summed E-state index contributed by atoms with van der Waals surface area (Å²) in [6.07, 6.45) is 1.77. The van der Waals surface area contributed by atoms with Gasteiger partial charge in [0, 0.05) is 11.9 Å². The number of tetrazole rings is 1. The summed E-state index contributed by atoms with van der Waals surface area (Å²) >= 11 is 12.3. The van der Waals surface area contributed by atoms with Gasteiger partial charge in [0.25, 0.3) is 0 Å². The number of aryl methyl sites for hydroxylation is 1. The van der Waals surface area contributed by atoms with Crippen LogP contribution >= 0.6 is 23.2 Å². The third kappa shape index (κ3) is 3.13. The minimum Gasteiger partial charge on any atom is -0.346 e. The van der Waals surface area contributed by atoms with Crippen molar-refractivity contribution in [2.75, 3.05) is 5.32 Å². The molecule has 0 saturated carbocycles. The second-order valence-electron chi connectivity index (χ2n) is 5.03. The Labute approximate surface area is 143 Å². The fourth-order valence-corrected chi connectivity index (χ4v) is 2.70. The maximum absolute atomic E-state index is 6.25. The van der Waals surface area contributed by atoms with Crippen LogP contribution in [0.25, 0.3) is 5.69 Å². The summed E-state index contributed by atoms with van der Waals surface area (Å²) < 4.78 is 1.52. The first-order chi connectivity index (χ1) is 11.1. The fraction of sp³-hybridized carbons (Fsp3) is 0.200. The van der Waals surface area contributed by atoms with Crippen LogP contribution in [0.3, 0.4) is 0 Å². The van der Waals surface area contributed by atoms with Crippen molar-refractivity contribution in [3.63, 3.8) is 0 Å². The number of anilines is 1. The predicted molar refractivity (Wildman–Crippen MR) is 90.2 cm³/mol. The first kappa shape index (κ1) is 15.7. The number of rotatable bonds is 4. The first-order valence-electron chi connectivity index (χ1n) is 6.98. The fourth-order valence-electron chi connectivity index (χ4n) is 2.32. The van der Waals surface area contributed by atoms with Gasteiger partial charge in [0.15, 0.2) is 0 Å². The van der Waals surface area contributed by atoms with Gasteiger partial charge in [-0.05, 0) is 48.0 Å². The Bertz CT molecular complexity index is 832. The molecule has 3 rings (SSSR count). The number of halogens is 2. The average molecular weight is 349 g/mol. The molecule has 118 valence electrons. The molecule has 0 radical (unpaired) electrons. The van der Waals surface area contributed by atoms with E-state index in [2.05, 4.69) is 25.8 Å². The van der Waals surface area contributed by atoms with Gasteiger partial charge >= 0.3 is 0 Å². The molecule has 0 fully saturated rings. The van der Waals surface area contributed by atoms with Gasteiger partial charge < -0.3 is 5.32 Å². The van der Waals surface area contributed by atoms with Gasteiger partial charge in [-0.3, -0.25) is 4.98 Å². The molecule has 6 nitrogen and oxygen atoms in total. The molecular weight excluding hydrogens is 335 g/mol. The van der Waals surface area contributed by atoms with Crippen LogP contribution in [0.4, 0.5) is 5.95 Å². The summed E-state index contributed by atoms with van der Waals surface area (Å²) in [4.78, 5) is 4.30. The lowest BCUT2D eigenvalue weighted by atomic mass is 10.1. The van der Waals surface area contributed by atoms with E-state index in [1.54, 1.807) is 24.4 Å². The molecule has 8 heteroatoms. The smallest absolute Gasteiger partial charge is 0.248 e. The molecule has 0 aliphatic carbocycles. The van der Waals surface area contributed by atoms with Crippen LogP contribution in [-0.2, 0) is 0 Å². The van der Waals surface area contributed by atoms with E-state index in [-0.39, 0.29) is 6.04 Å². The summed E-state index contributed by atoms with van der Waals surface area (Å²) in [5.74, 6) is 0.477. The summed E-state index contributed by atoms with van der Waals surface area (Å²) in [5.41, 5.74) is 2.63. The van der Waals surface area contributed by atoms with E-state index in [4.69, 9.17) is 23.2 Å². The quantitative estimate of drug-likeness (QED) is 0.775. The standard InChI is InChI=1S/C15H14Cl2N6/c1-9-11(5-4-8-18-9)10(2)19-15-20-21-22-23(15)13-7-3-6-12(16)14(13)17/h3-8,10H,1-2H3,(H,19,20,22). The Kier molecular flexibility index (Phi) is 4.45. The van der Waals surface area contributed by atoms with Crippen LogP contribution in [0.2, 0.25) is 10.0 Å². The molecule has 0 spiro atoms. The maximum atomic E-state index is 6.25. The van der Waals surface area contributed by atoms with Gasteiger partial charge in [-0.1, -0.05) is 40.4 Å². The number of aromatic nitrogens is 5.